The molecule has 1 aliphatic heterocycles. The number of carbonyl (C=O) groups excluding carboxylic acids is 1. The van der Waals surface area contributed by atoms with Crippen LogP contribution in [0.25, 0.3) is 5.57 Å². The number of hydrogen-bond donors (Lipinski definition) is 3. The quantitative estimate of drug-likeness (QED) is 0.517. The van der Waals surface area contributed by atoms with Gasteiger partial charge in [0.1, 0.15) is 0 Å². The Morgan fingerprint density at radius 3 is 2.65 bits per heavy atom. The van der Waals surface area contributed by atoms with E-state index in [2.05, 4.69) is 10.3 Å². The number of allylic oxidation sites excluding steroid dienone is 1. The lowest BCUT2D eigenvalue weighted by Gasteiger charge is -2.24. The minimum atomic E-state index is -4.10. The lowest BCUT2D eigenvalue weighted by atomic mass is 10.1. The minimum absolute atomic E-state index is 0.0377. The van der Waals surface area contributed by atoms with Gasteiger partial charge in [0.15, 0.2) is 0 Å². The first-order chi connectivity index (χ1) is 14.8. The molecular weight excluding hydrogens is 440 g/mol. The molecule has 1 atom stereocenters. The van der Waals surface area contributed by atoms with Gasteiger partial charge in [-0.1, -0.05) is 35.9 Å². The van der Waals surface area contributed by atoms with Crippen LogP contribution in [0.1, 0.15) is 17.5 Å². The number of benzene rings is 2. The predicted octanol–water partition coefficient (Wildman–Crippen LogP) is 2.33. The summed E-state index contributed by atoms with van der Waals surface area (Å²) in [7, 11) is -4.10. The Labute approximate surface area is 186 Å². The Kier molecular flexibility index (Phi) is 7.45. The maximum atomic E-state index is 12.4. The van der Waals surface area contributed by atoms with E-state index in [1.165, 1.54) is 24.5 Å². The standard InChI is InChI=1S/C21H23ClN4O4S/c22-19-4-2-1-3-14(19)9-21(27)26-16-5-6-18(20(10-16)31(24,28)29)15(11-23)12-25-13-17-7-8-30-17/h1-6,10-12,17H,7-9,13,23H2,(H,26,27)(H2,24,28,29)/b15-11+,25-12?. The fourth-order valence-electron chi connectivity index (χ4n) is 2.99. The average Bonchev–Trinajstić information content (AvgIpc) is 2.68. The maximum absolute atomic E-state index is 12.4. The Balaban J connectivity index is 1.80. The van der Waals surface area contributed by atoms with Crippen molar-refractivity contribution in [3.8, 4) is 0 Å². The molecule has 2 aromatic rings. The van der Waals surface area contributed by atoms with Crippen molar-refractivity contribution in [2.75, 3.05) is 18.5 Å². The number of hydrogen-bond acceptors (Lipinski definition) is 6. The molecule has 2 aromatic carbocycles. The number of carbonyl (C=O) groups is 1. The highest BCUT2D eigenvalue weighted by Crippen LogP contribution is 2.26. The second-order valence-electron chi connectivity index (χ2n) is 6.97. The van der Waals surface area contributed by atoms with Crippen molar-refractivity contribution in [3.63, 3.8) is 0 Å². The number of primary sulfonamides is 1. The fourth-order valence-corrected chi connectivity index (χ4v) is 3.98. The molecule has 31 heavy (non-hydrogen) atoms. The van der Waals surface area contributed by atoms with Crippen LogP contribution in [0.3, 0.4) is 0 Å². The summed E-state index contributed by atoms with van der Waals surface area (Å²) in [5, 5.41) is 8.55. The zero-order valence-corrected chi connectivity index (χ0v) is 18.2. The van der Waals surface area contributed by atoms with Crippen LogP contribution in [0.4, 0.5) is 5.69 Å². The summed E-state index contributed by atoms with van der Waals surface area (Å²) < 4.78 is 29.7. The second-order valence-corrected chi connectivity index (χ2v) is 8.91. The van der Waals surface area contributed by atoms with Gasteiger partial charge in [0.25, 0.3) is 0 Å². The van der Waals surface area contributed by atoms with Gasteiger partial charge < -0.3 is 15.8 Å². The van der Waals surface area contributed by atoms with Gasteiger partial charge in [0, 0.05) is 40.9 Å². The third-order valence-electron chi connectivity index (χ3n) is 4.70. The van der Waals surface area contributed by atoms with Gasteiger partial charge in [-0.15, -0.1) is 0 Å². The van der Waals surface area contributed by atoms with Crippen molar-refractivity contribution >= 4 is 45.0 Å². The smallest absolute Gasteiger partial charge is 0.238 e. The Hall–Kier alpha value is -2.72. The maximum Gasteiger partial charge on any atom is 0.238 e. The zero-order valence-electron chi connectivity index (χ0n) is 16.6. The zero-order chi connectivity index (χ0) is 22.4. The highest BCUT2D eigenvalue weighted by Gasteiger charge is 2.19. The fraction of sp³-hybridized carbons (Fsp3) is 0.238. The van der Waals surface area contributed by atoms with Crippen molar-refractivity contribution in [2.24, 2.45) is 15.9 Å². The van der Waals surface area contributed by atoms with Gasteiger partial charge in [-0.2, -0.15) is 0 Å². The molecule has 10 heteroatoms. The molecule has 0 saturated carbocycles. The molecule has 0 aromatic heterocycles. The summed E-state index contributed by atoms with van der Waals surface area (Å²) in [6.07, 6.45) is 3.79. The van der Waals surface area contributed by atoms with E-state index in [9.17, 15) is 13.2 Å². The van der Waals surface area contributed by atoms with Crippen LogP contribution in [0.15, 0.2) is 58.6 Å². The van der Waals surface area contributed by atoms with Crippen molar-refractivity contribution in [2.45, 2.75) is 23.8 Å². The average molecular weight is 463 g/mol. The number of aliphatic imine (C=N–C) groups is 1. The molecule has 1 unspecified atom stereocenters. The van der Waals surface area contributed by atoms with Gasteiger partial charge >= 0.3 is 0 Å². The molecule has 0 aliphatic carbocycles. The number of ether oxygens (including phenoxy) is 1. The summed E-state index contributed by atoms with van der Waals surface area (Å²) >= 11 is 6.09. The van der Waals surface area contributed by atoms with Crippen LogP contribution in [0.2, 0.25) is 5.02 Å². The van der Waals surface area contributed by atoms with Crippen LogP contribution in [-0.4, -0.2) is 39.8 Å². The number of nitrogens with two attached hydrogens (primary N) is 2. The minimum Gasteiger partial charge on any atom is -0.404 e. The molecule has 8 nitrogen and oxygen atoms in total. The molecule has 3 rings (SSSR count). The van der Waals surface area contributed by atoms with Crippen molar-refractivity contribution in [1.82, 2.24) is 0 Å². The van der Waals surface area contributed by atoms with Gasteiger partial charge in [-0.25, -0.2) is 13.6 Å². The molecule has 1 aliphatic rings. The molecule has 0 radical (unpaired) electrons. The highest BCUT2D eigenvalue weighted by molar-refractivity contribution is 7.89. The monoisotopic (exact) mass is 462 g/mol. The first kappa shape index (κ1) is 23.0. The van der Waals surface area contributed by atoms with Crippen LogP contribution >= 0.6 is 11.6 Å². The van der Waals surface area contributed by atoms with Crippen LogP contribution in [0, 0.1) is 0 Å². The van der Waals surface area contributed by atoms with Crippen molar-refractivity contribution < 1.29 is 17.9 Å². The van der Waals surface area contributed by atoms with Gasteiger partial charge in [-0.05, 0) is 30.2 Å². The van der Waals surface area contributed by atoms with E-state index in [1.807, 2.05) is 0 Å². The second kappa shape index (κ2) is 10.1. The number of rotatable bonds is 8. The summed E-state index contributed by atoms with van der Waals surface area (Å²) in [5.41, 5.74) is 7.30. The third-order valence-corrected chi connectivity index (χ3v) is 6.02. The third kappa shape index (κ3) is 6.14. The molecule has 5 N–H and O–H groups in total. The van der Waals surface area contributed by atoms with Gasteiger partial charge in [0.2, 0.25) is 15.9 Å². The van der Waals surface area contributed by atoms with Gasteiger partial charge in [-0.3, -0.25) is 9.79 Å². The van der Waals surface area contributed by atoms with E-state index >= 15 is 0 Å². The molecule has 1 fully saturated rings. The first-order valence-electron chi connectivity index (χ1n) is 9.51. The van der Waals surface area contributed by atoms with Crippen molar-refractivity contribution in [1.29, 1.82) is 0 Å². The van der Waals surface area contributed by atoms with Crippen LogP contribution in [-0.2, 0) is 26.0 Å². The van der Waals surface area contributed by atoms with E-state index in [0.29, 0.717) is 22.7 Å². The molecule has 0 spiro atoms. The van der Waals surface area contributed by atoms with E-state index in [1.54, 1.807) is 30.3 Å². The Morgan fingerprint density at radius 2 is 2.03 bits per heavy atom. The number of halogens is 1. The largest absolute Gasteiger partial charge is 0.404 e. The Morgan fingerprint density at radius 1 is 1.29 bits per heavy atom. The van der Waals surface area contributed by atoms with Gasteiger partial charge in [0.05, 0.1) is 24.0 Å². The summed E-state index contributed by atoms with van der Waals surface area (Å²) in [6, 6.07) is 11.4. The highest BCUT2D eigenvalue weighted by atomic mass is 35.5. The van der Waals surface area contributed by atoms with Crippen LogP contribution < -0.4 is 16.2 Å². The van der Waals surface area contributed by atoms with E-state index in [0.717, 1.165) is 13.0 Å². The summed E-state index contributed by atoms with van der Waals surface area (Å²) in [5.74, 6) is -0.349. The first-order valence-corrected chi connectivity index (χ1v) is 11.4. The predicted molar refractivity (Wildman–Crippen MR) is 121 cm³/mol. The van der Waals surface area contributed by atoms with Crippen LogP contribution in [0.5, 0.6) is 0 Å². The Bertz CT molecular complexity index is 1130. The summed E-state index contributed by atoms with van der Waals surface area (Å²) in [6.45, 7) is 1.18. The number of anilines is 1. The molecule has 1 saturated heterocycles. The number of nitrogens with one attached hydrogen (secondary N) is 1. The van der Waals surface area contributed by atoms with Crippen molar-refractivity contribution in [3.05, 3.63) is 64.8 Å². The molecule has 0 bridgehead atoms. The lowest BCUT2D eigenvalue weighted by Crippen LogP contribution is -2.29. The molecule has 164 valence electrons. The topological polar surface area (TPSA) is 137 Å². The van der Waals surface area contributed by atoms with E-state index in [-0.39, 0.29) is 34.6 Å². The normalized spacial score (nSPS) is 16.8. The number of amides is 1. The number of nitrogens with zero attached hydrogens (tertiary/aromatic N) is 1. The van der Waals surface area contributed by atoms with E-state index in [4.69, 9.17) is 27.2 Å². The number of sulfonamides is 1. The molecule has 1 amide bonds. The summed E-state index contributed by atoms with van der Waals surface area (Å²) in [4.78, 5) is 16.5. The molecule has 1 heterocycles. The molecular formula is C21H23ClN4O4S. The van der Waals surface area contributed by atoms with E-state index < -0.39 is 10.0 Å². The SMILES string of the molecule is N/C=C(\C=NCC1CCO1)c1ccc(NC(=O)Cc2ccccc2Cl)cc1S(N)(=O)=O. The lowest BCUT2D eigenvalue weighted by molar-refractivity contribution is -0.115.